The second-order valence-electron chi connectivity index (χ2n) is 8.68. The maximum atomic E-state index is 12.3. The van der Waals surface area contributed by atoms with E-state index in [4.69, 9.17) is 0 Å². The van der Waals surface area contributed by atoms with Crippen LogP contribution in [0.4, 0.5) is 0 Å². The van der Waals surface area contributed by atoms with Crippen LogP contribution in [0.3, 0.4) is 0 Å². The van der Waals surface area contributed by atoms with Gasteiger partial charge in [0.05, 0.1) is 20.6 Å². The fourth-order valence-corrected chi connectivity index (χ4v) is 5.13. The van der Waals surface area contributed by atoms with Crippen molar-refractivity contribution in [3.63, 3.8) is 0 Å². The van der Waals surface area contributed by atoms with Crippen LogP contribution in [0.25, 0.3) is 0 Å². The Morgan fingerprint density at radius 1 is 1.00 bits per heavy atom. The topological polar surface area (TPSA) is 86.3 Å². The third-order valence-electron chi connectivity index (χ3n) is 5.69. The molecule has 0 aliphatic heterocycles. The molecule has 0 saturated carbocycles. The predicted octanol–water partition coefficient (Wildman–Crippen LogP) is 4.07. The molecule has 0 fully saturated rings. The molecular formula is C23H40N2O4S. The number of rotatable bonds is 15. The highest BCUT2D eigenvalue weighted by molar-refractivity contribution is 7.86. The zero-order valence-corrected chi connectivity index (χ0v) is 20.0. The van der Waals surface area contributed by atoms with Crippen molar-refractivity contribution in [1.29, 1.82) is 0 Å². The first-order valence-electron chi connectivity index (χ1n) is 11.3. The molecule has 1 atom stereocenters. The molecule has 0 bridgehead atoms. The first kappa shape index (κ1) is 26.6. The zero-order valence-electron chi connectivity index (χ0n) is 19.2. The molecule has 1 amide bonds. The van der Waals surface area contributed by atoms with Gasteiger partial charge in [-0.1, -0.05) is 58.1 Å². The number of amides is 1. The maximum Gasteiger partial charge on any atom is 0.251 e. The summed E-state index contributed by atoms with van der Waals surface area (Å²) in [6, 6.07) is 7.76. The van der Waals surface area contributed by atoms with Crippen molar-refractivity contribution >= 4 is 16.0 Å². The van der Waals surface area contributed by atoms with Crippen LogP contribution in [0, 0.1) is 0 Å². The highest BCUT2D eigenvalue weighted by atomic mass is 32.2. The molecule has 30 heavy (non-hydrogen) atoms. The lowest BCUT2D eigenvalue weighted by atomic mass is 10.0. The second kappa shape index (κ2) is 13.1. The summed E-state index contributed by atoms with van der Waals surface area (Å²) in [5.74, 6) is -0.130. The van der Waals surface area contributed by atoms with Crippen LogP contribution in [0.2, 0.25) is 0 Å². The monoisotopic (exact) mass is 440 g/mol. The van der Waals surface area contributed by atoms with E-state index < -0.39 is 15.5 Å². The van der Waals surface area contributed by atoms with Gasteiger partial charge in [0.15, 0.2) is 5.37 Å². The summed E-state index contributed by atoms with van der Waals surface area (Å²) >= 11 is 0. The molecule has 0 saturated heterocycles. The van der Waals surface area contributed by atoms with Crippen LogP contribution in [0.5, 0.6) is 0 Å². The number of carbonyl (C=O) groups is 1. The van der Waals surface area contributed by atoms with Gasteiger partial charge in [0.25, 0.3) is 5.91 Å². The van der Waals surface area contributed by atoms with Gasteiger partial charge in [-0.15, -0.1) is 0 Å². The van der Waals surface area contributed by atoms with Crippen molar-refractivity contribution in [2.75, 3.05) is 27.2 Å². The van der Waals surface area contributed by atoms with Crippen molar-refractivity contribution in [2.24, 2.45) is 0 Å². The molecule has 1 rings (SSSR count). The van der Waals surface area contributed by atoms with E-state index in [0.29, 0.717) is 25.1 Å². The number of unbranched alkanes of at least 4 members (excludes halogenated alkanes) is 5. The third-order valence-corrected chi connectivity index (χ3v) is 7.26. The molecule has 1 N–H and O–H groups in total. The zero-order chi connectivity index (χ0) is 22.6. The lowest BCUT2D eigenvalue weighted by Crippen LogP contribution is -2.53. The van der Waals surface area contributed by atoms with Gasteiger partial charge < -0.3 is 14.4 Å². The van der Waals surface area contributed by atoms with Crippen LogP contribution in [0.1, 0.15) is 81.1 Å². The number of quaternary nitrogens is 1. The summed E-state index contributed by atoms with van der Waals surface area (Å²) in [5.41, 5.74) is 1.88. The van der Waals surface area contributed by atoms with Gasteiger partial charge in [-0.05, 0) is 30.5 Å². The van der Waals surface area contributed by atoms with Gasteiger partial charge in [-0.2, -0.15) is 0 Å². The number of nitrogens with zero attached hydrogens (tertiary/aromatic N) is 1. The highest BCUT2D eigenvalue weighted by Gasteiger charge is 2.31. The number of aryl methyl sites for hydroxylation is 1. The molecule has 1 aromatic carbocycles. The van der Waals surface area contributed by atoms with E-state index in [1.165, 1.54) is 44.1 Å². The smallest absolute Gasteiger partial charge is 0.251 e. The van der Waals surface area contributed by atoms with Crippen LogP contribution in [0.15, 0.2) is 24.3 Å². The van der Waals surface area contributed by atoms with Gasteiger partial charge in [0.2, 0.25) is 0 Å². The molecule has 0 spiro atoms. The molecule has 1 unspecified atom stereocenters. The second-order valence-corrected chi connectivity index (χ2v) is 10.2. The van der Waals surface area contributed by atoms with Crippen LogP contribution in [-0.4, -0.2) is 55.9 Å². The molecule has 7 heteroatoms. The Kier molecular flexibility index (Phi) is 11.6. The Morgan fingerprint density at radius 2 is 1.60 bits per heavy atom. The SMILES string of the molecule is CCCCCCCCc1ccc(C(=O)NCCC[N+](C)(C)C(CC)S(=O)(=O)[O-])cc1. The molecule has 0 heterocycles. The Hall–Kier alpha value is -1.44. The standard InChI is InChI=1S/C23H40N2O4S/c1-5-7-8-9-10-11-13-20-14-16-21(17-15-20)23(26)24-18-12-19-25(3,4)22(6-2)30(27,28)29/h14-17,22H,5-13,18-19H2,1-4H3,(H-,24,26,27,28,29). The number of carbonyl (C=O) groups excluding carboxylic acids is 1. The summed E-state index contributed by atoms with van der Waals surface area (Å²) in [4.78, 5) is 12.3. The predicted molar refractivity (Wildman–Crippen MR) is 121 cm³/mol. The van der Waals surface area contributed by atoms with Gasteiger partial charge in [0, 0.05) is 24.9 Å². The van der Waals surface area contributed by atoms with Crippen molar-refractivity contribution < 1.29 is 22.2 Å². The van der Waals surface area contributed by atoms with Crippen LogP contribution in [-0.2, 0) is 16.5 Å². The van der Waals surface area contributed by atoms with Crippen LogP contribution < -0.4 is 5.32 Å². The van der Waals surface area contributed by atoms with E-state index in [1.807, 2.05) is 24.3 Å². The Balaban J connectivity index is 2.38. The van der Waals surface area contributed by atoms with Gasteiger partial charge in [-0.3, -0.25) is 4.79 Å². The quantitative estimate of drug-likeness (QED) is 0.253. The van der Waals surface area contributed by atoms with Crippen molar-refractivity contribution in [3.8, 4) is 0 Å². The number of nitrogens with one attached hydrogen (secondary N) is 1. The number of hydrogen-bond donors (Lipinski definition) is 1. The van der Waals surface area contributed by atoms with E-state index in [0.717, 1.165) is 6.42 Å². The lowest BCUT2D eigenvalue weighted by Gasteiger charge is -2.38. The Morgan fingerprint density at radius 3 is 2.17 bits per heavy atom. The largest absolute Gasteiger partial charge is 0.743 e. The summed E-state index contributed by atoms with van der Waals surface area (Å²) < 4.78 is 34.4. The fourth-order valence-electron chi connectivity index (χ4n) is 3.91. The minimum atomic E-state index is -4.35. The minimum Gasteiger partial charge on any atom is -0.743 e. The summed E-state index contributed by atoms with van der Waals surface area (Å²) in [6.45, 7) is 4.87. The minimum absolute atomic E-state index is 0.103. The average Bonchev–Trinajstić information content (AvgIpc) is 2.67. The van der Waals surface area contributed by atoms with Gasteiger partial charge in [0.1, 0.15) is 10.1 Å². The lowest BCUT2D eigenvalue weighted by molar-refractivity contribution is -0.901. The molecule has 1 aromatic rings. The molecule has 6 nitrogen and oxygen atoms in total. The summed E-state index contributed by atoms with van der Waals surface area (Å²) in [6.07, 6.45) is 9.55. The summed E-state index contributed by atoms with van der Waals surface area (Å²) in [7, 11) is -0.863. The highest BCUT2D eigenvalue weighted by Crippen LogP contribution is 2.16. The number of hydrogen-bond acceptors (Lipinski definition) is 4. The van der Waals surface area contributed by atoms with E-state index in [1.54, 1.807) is 21.0 Å². The summed E-state index contributed by atoms with van der Waals surface area (Å²) in [5, 5.41) is 1.92. The van der Waals surface area contributed by atoms with Gasteiger partial charge in [-0.25, -0.2) is 8.42 Å². The first-order valence-corrected chi connectivity index (χ1v) is 12.7. The molecule has 172 valence electrons. The van der Waals surface area contributed by atoms with E-state index >= 15 is 0 Å². The number of benzene rings is 1. The van der Waals surface area contributed by atoms with Crippen molar-refractivity contribution in [1.82, 2.24) is 5.32 Å². The normalized spacial score (nSPS) is 13.2. The molecule has 0 aliphatic carbocycles. The van der Waals surface area contributed by atoms with E-state index in [-0.39, 0.29) is 16.8 Å². The third kappa shape index (κ3) is 9.58. The van der Waals surface area contributed by atoms with Crippen molar-refractivity contribution in [2.45, 2.75) is 77.0 Å². The first-order chi connectivity index (χ1) is 14.1. The van der Waals surface area contributed by atoms with Crippen molar-refractivity contribution in [3.05, 3.63) is 35.4 Å². The average molecular weight is 441 g/mol. The molecule has 0 radical (unpaired) electrons. The van der Waals surface area contributed by atoms with E-state index in [2.05, 4.69) is 12.2 Å². The Labute approximate surface area is 183 Å². The van der Waals surface area contributed by atoms with E-state index in [9.17, 15) is 17.8 Å². The molecular weight excluding hydrogens is 400 g/mol. The fraction of sp³-hybridized carbons (Fsp3) is 0.696. The van der Waals surface area contributed by atoms with Gasteiger partial charge >= 0.3 is 0 Å². The molecule has 0 aliphatic rings. The van der Waals surface area contributed by atoms with Crippen LogP contribution >= 0.6 is 0 Å². The molecule has 0 aromatic heterocycles. The Bertz CT molecular complexity index is 730. The maximum absolute atomic E-state index is 12.3.